The summed E-state index contributed by atoms with van der Waals surface area (Å²) in [5.41, 5.74) is 0. The summed E-state index contributed by atoms with van der Waals surface area (Å²) in [6, 6.07) is 0. The average molecular weight is 707 g/mol. The minimum atomic E-state index is -1.29. The number of thioether (sulfide) groups is 1. The lowest BCUT2D eigenvalue weighted by atomic mass is 10.3. The molecule has 4 atom stereocenters. The summed E-state index contributed by atoms with van der Waals surface area (Å²) >= 11 is 1.56. The molecule has 282 valence electrons. The first-order valence-corrected chi connectivity index (χ1v) is 16.2. The van der Waals surface area contributed by atoms with Crippen molar-refractivity contribution in [2.24, 2.45) is 0 Å². The van der Waals surface area contributed by atoms with Crippen molar-refractivity contribution in [2.45, 2.75) is 141 Å². The fourth-order valence-corrected chi connectivity index (χ4v) is 1.17. The summed E-state index contributed by atoms with van der Waals surface area (Å²) in [4.78, 5) is 79.1. The smallest absolute Gasteiger partial charge is 0.163 e. The Morgan fingerprint density at radius 3 is 0.851 bits per heavy atom. The number of ketones is 8. The molecule has 0 radical (unpaired) electrons. The second-order valence-corrected chi connectivity index (χ2v) is 10.7. The Morgan fingerprint density at radius 1 is 0.596 bits per heavy atom. The zero-order valence-corrected chi connectivity index (χ0v) is 32.4. The Hall–Kier alpha value is -2.55. The summed E-state index contributed by atoms with van der Waals surface area (Å²) in [6.45, 7) is 20.9. The monoisotopic (exact) mass is 706 g/mol. The third kappa shape index (κ3) is 125. The summed E-state index contributed by atoms with van der Waals surface area (Å²) in [6.07, 6.45) is 0.154. The number of alkyl halides is 2. The number of carbonyl (C=O) groups excluding carboxylic acids is 8. The van der Waals surface area contributed by atoms with Crippen molar-refractivity contribution in [1.82, 2.24) is 0 Å². The molecule has 0 aromatic carbocycles. The van der Waals surface area contributed by atoms with Crippen LogP contribution in [0.2, 0.25) is 0 Å². The van der Waals surface area contributed by atoms with E-state index in [2.05, 4.69) is 4.74 Å². The molecule has 0 saturated carbocycles. The highest BCUT2D eigenvalue weighted by atomic mass is 32.2. The predicted octanol–water partition coefficient (Wildman–Crippen LogP) is 5.30. The lowest BCUT2D eigenvalue weighted by Gasteiger charge is -1.90. The maximum atomic E-state index is 11.5. The Morgan fingerprint density at radius 2 is 0.851 bits per heavy atom. The molecule has 14 heteroatoms. The second-order valence-electron chi connectivity index (χ2n) is 9.80. The van der Waals surface area contributed by atoms with Crippen molar-refractivity contribution < 1.29 is 62.1 Å². The van der Waals surface area contributed by atoms with E-state index in [1.54, 1.807) is 32.5 Å². The molecule has 0 aromatic rings. The number of aliphatic hydroxyl groups is 2. The quantitative estimate of drug-likeness (QED) is 0.283. The van der Waals surface area contributed by atoms with Gasteiger partial charge in [-0.1, -0.05) is 13.8 Å². The van der Waals surface area contributed by atoms with Crippen LogP contribution in [0.4, 0.5) is 8.78 Å². The van der Waals surface area contributed by atoms with E-state index in [1.807, 2.05) is 20.1 Å². The SMILES string of the molecule is CC(=O)[C@@H](C)F.CC(=O)[C@@H](C)O.CC(=O)[C@H](C)F.CC(=O)[C@H](C)O.CCC(C)=O.CCCC(C)=O.COCC(C)=O.CSCC(C)=O. The van der Waals surface area contributed by atoms with Crippen molar-refractivity contribution in [3.63, 3.8) is 0 Å². The van der Waals surface area contributed by atoms with E-state index in [-0.39, 0.29) is 41.3 Å². The summed E-state index contributed by atoms with van der Waals surface area (Å²) < 4.78 is 27.4. The van der Waals surface area contributed by atoms with Crippen LogP contribution >= 0.6 is 11.8 Å². The largest absolute Gasteiger partial charge is 0.386 e. The highest BCUT2D eigenvalue weighted by molar-refractivity contribution is 7.99. The van der Waals surface area contributed by atoms with E-state index in [0.29, 0.717) is 12.2 Å². The van der Waals surface area contributed by atoms with Crippen molar-refractivity contribution in [1.29, 1.82) is 0 Å². The number of rotatable bonds is 11. The van der Waals surface area contributed by atoms with Gasteiger partial charge in [-0.15, -0.1) is 0 Å². The fourth-order valence-electron chi connectivity index (χ4n) is 0.759. The molecule has 0 aromatic heterocycles. The molecule has 0 saturated heterocycles. The van der Waals surface area contributed by atoms with Crippen molar-refractivity contribution in [2.75, 3.05) is 25.7 Å². The summed E-state index contributed by atoms with van der Waals surface area (Å²) in [5.74, 6) is 0.331. The van der Waals surface area contributed by atoms with Crippen LogP contribution in [0.15, 0.2) is 0 Å². The van der Waals surface area contributed by atoms with Crippen molar-refractivity contribution in [3.05, 3.63) is 0 Å². The van der Waals surface area contributed by atoms with Gasteiger partial charge >= 0.3 is 0 Å². The number of carbonyl (C=O) groups is 8. The maximum absolute atomic E-state index is 11.5. The first-order valence-electron chi connectivity index (χ1n) is 14.8. The molecular formula is C33H64F2O11S. The van der Waals surface area contributed by atoms with E-state index in [9.17, 15) is 47.1 Å². The van der Waals surface area contributed by atoms with Crippen LogP contribution < -0.4 is 0 Å². The minimum absolute atomic E-state index is 0.0671. The minimum Gasteiger partial charge on any atom is -0.386 e. The molecule has 0 unspecified atom stereocenters. The highest BCUT2D eigenvalue weighted by Gasteiger charge is 2.01. The predicted molar refractivity (Wildman–Crippen MR) is 185 cm³/mol. The van der Waals surface area contributed by atoms with Gasteiger partial charge in [-0.3, -0.25) is 28.8 Å². The number of Topliss-reactive ketones (excluding diaryl/α,β-unsaturated/α-hetero) is 8. The van der Waals surface area contributed by atoms with Crippen LogP contribution in [0.25, 0.3) is 0 Å². The fraction of sp³-hybridized carbons (Fsp3) is 0.758. The molecule has 47 heavy (non-hydrogen) atoms. The molecule has 0 aliphatic heterocycles. The van der Waals surface area contributed by atoms with Gasteiger partial charge in [0.05, 0.1) is 5.75 Å². The standard InChI is InChI=1S/C5H10O.2C4H7FO.3C4H8O2.C4H8OS.C4H8O/c1-3-4-5(2)6;2*1-3(5)4(2)6;1-4(5)3-6-2;2*1-3(5)4(2)6;1-4(5)3-6-2;1-3-4(2)5/h3-4H2,1-2H3;2*3H,1-2H3;3H2,1-2H3;2*3,5H,1-2H3;3H2,1-2H3;3H2,1-2H3/t;2*3-;;2*3-;;/m.10.10../s1. The Bertz CT molecular complexity index is 717. The average Bonchev–Trinajstić information content (AvgIpc) is 2.90. The number of ether oxygens (including phenoxy) is 1. The second kappa shape index (κ2) is 47.9. The molecule has 0 aliphatic rings. The van der Waals surface area contributed by atoms with Gasteiger partial charge in [0, 0.05) is 20.0 Å². The van der Waals surface area contributed by atoms with Crippen LogP contribution in [-0.2, 0) is 43.1 Å². The van der Waals surface area contributed by atoms with Gasteiger partial charge in [0.2, 0.25) is 0 Å². The van der Waals surface area contributed by atoms with Gasteiger partial charge in [-0.05, 0) is 95.8 Å². The number of aliphatic hydroxyl groups excluding tert-OH is 2. The molecule has 0 fully saturated rings. The third-order valence-corrected chi connectivity index (χ3v) is 4.79. The molecule has 2 N–H and O–H groups in total. The van der Waals surface area contributed by atoms with E-state index >= 15 is 0 Å². The zero-order chi connectivity index (χ0) is 39.9. The first kappa shape index (κ1) is 63.2. The molecular weight excluding hydrogens is 642 g/mol. The zero-order valence-electron chi connectivity index (χ0n) is 31.6. The highest BCUT2D eigenvalue weighted by Crippen LogP contribution is 1.89. The molecule has 11 nitrogen and oxygen atoms in total. The summed E-state index contributed by atoms with van der Waals surface area (Å²) in [5, 5.41) is 16.6. The Balaban J connectivity index is -0.0000000617. The maximum Gasteiger partial charge on any atom is 0.163 e. The molecule has 0 spiro atoms. The molecule has 0 rings (SSSR count). The van der Waals surface area contributed by atoms with Crippen molar-refractivity contribution in [3.8, 4) is 0 Å². The van der Waals surface area contributed by atoms with Crippen LogP contribution in [0, 0.1) is 0 Å². The normalized spacial score (nSPS) is 11.1. The number of methoxy groups -OCH3 is 1. The van der Waals surface area contributed by atoms with Gasteiger partial charge < -0.3 is 24.5 Å². The molecule has 0 bridgehead atoms. The lowest BCUT2D eigenvalue weighted by molar-refractivity contribution is -0.124. The van der Waals surface area contributed by atoms with Crippen molar-refractivity contribution >= 4 is 58.0 Å². The third-order valence-electron chi connectivity index (χ3n) is 4.09. The Kier molecular flexibility index (Phi) is 64.3. The van der Waals surface area contributed by atoms with Gasteiger partial charge in [0.1, 0.15) is 36.2 Å². The molecule has 0 heterocycles. The lowest BCUT2D eigenvalue weighted by Crippen LogP contribution is -2.10. The van der Waals surface area contributed by atoms with Gasteiger partial charge in [0.15, 0.2) is 41.3 Å². The van der Waals surface area contributed by atoms with E-state index in [0.717, 1.165) is 12.8 Å². The molecule has 0 aliphatic carbocycles. The first-order chi connectivity index (χ1) is 21.2. The van der Waals surface area contributed by atoms with E-state index < -0.39 is 36.1 Å². The van der Waals surface area contributed by atoms with Gasteiger partial charge in [-0.2, -0.15) is 11.8 Å². The number of halogens is 2. The summed E-state index contributed by atoms with van der Waals surface area (Å²) in [7, 11) is 1.50. The van der Waals surface area contributed by atoms with E-state index in [4.69, 9.17) is 10.2 Å². The topological polar surface area (TPSA) is 186 Å². The number of hydrogen-bond acceptors (Lipinski definition) is 12. The van der Waals surface area contributed by atoms with Crippen LogP contribution in [0.3, 0.4) is 0 Å². The van der Waals surface area contributed by atoms with E-state index in [1.165, 1.54) is 69.4 Å². The Labute approximate surface area is 286 Å². The molecule has 0 amide bonds. The van der Waals surface area contributed by atoms with Crippen LogP contribution in [0.5, 0.6) is 0 Å². The number of hydrogen-bond donors (Lipinski definition) is 2. The van der Waals surface area contributed by atoms with Crippen LogP contribution in [0.1, 0.15) is 116 Å². The van der Waals surface area contributed by atoms with Gasteiger partial charge in [0.25, 0.3) is 0 Å². The van der Waals surface area contributed by atoms with Gasteiger partial charge in [-0.25, -0.2) is 8.78 Å². The van der Waals surface area contributed by atoms with Crippen LogP contribution in [-0.4, -0.2) is 107 Å².